The number of imide groups is 1. The minimum absolute atomic E-state index is 0.0469. The average Bonchev–Trinajstić information content (AvgIpc) is 2.66. The third kappa shape index (κ3) is 2.57. The number of hydrogen-bond acceptors (Lipinski definition) is 4. The first kappa shape index (κ1) is 11.1. The molecule has 1 aromatic heterocycles. The van der Waals surface area contributed by atoms with Crippen LogP contribution in [0.1, 0.15) is 10.4 Å². The Morgan fingerprint density at radius 3 is 2.88 bits per heavy atom. The van der Waals surface area contributed by atoms with Gasteiger partial charge in [-0.15, -0.1) is 0 Å². The van der Waals surface area contributed by atoms with Crippen molar-refractivity contribution in [1.82, 2.24) is 20.9 Å². The van der Waals surface area contributed by atoms with Crippen LogP contribution < -0.4 is 16.0 Å². The Kier molecular flexibility index (Phi) is 2.99. The summed E-state index contributed by atoms with van der Waals surface area (Å²) in [6.45, 7) is 0.0469. The van der Waals surface area contributed by atoms with Gasteiger partial charge in [0.25, 0.3) is 11.8 Å². The van der Waals surface area contributed by atoms with Crippen LogP contribution in [-0.2, 0) is 4.79 Å². The monoisotopic (exact) mass is 234 g/mol. The zero-order valence-corrected chi connectivity index (χ0v) is 8.77. The van der Waals surface area contributed by atoms with Gasteiger partial charge in [-0.3, -0.25) is 19.9 Å². The molecule has 3 N–H and O–H groups in total. The maximum absolute atomic E-state index is 11.6. The molecule has 1 aliphatic rings. The van der Waals surface area contributed by atoms with Crippen LogP contribution in [0.2, 0.25) is 0 Å². The number of urea groups is 1. The Morgan fingerprint density at radius 2 is 2.29 bits per heavy atom. The standard InChI is InChI=1S/C10H10N4O3/c15-8(6-2-1-3-11-4-6)12-5-7-9(16)14-10(17)13-7/h1-4,7H,5H2,(H,12,15)(H2,13,14,16,17). The number of nitrogens with one attached hydrogen (secondary N) is 3. The number of carbonyl (C=O) groups is 3. The SMILES string of the molecule is O=C1NC(=O)C(CNC(=O)c2cccnc2)N1. The summed E-state index contributed by atoms with van der Waals surface area (Å²) in [6.07, 6.45) is 2.98. The summed E-state index contributed by atoms with van der Waals surface area (Å²) in [7, 11) is 0. The van der Waals surface area contributed by atoms with E-state index in [0.717, 1.165) is 0 Å². The molecule has 1 saturated heterocycles. The highest BCUT2D eigenvalue weighted by atomic mass is 16.2. The molecule has 0 spiro atoms. The number of hydrogen-bond donors (Lipinski definition) is 3. The fourth-order valence-corrected chi connectivity index (χ4v) is 1.40. The van der Waals surface area contributed by atoms with Gasteiger partial charge in [-0.1, -0.05) is 0 Å². The Labute approximate surface area is 96.6 Å². The largest absolute Gasteiger partial charge is 0.349 e. The first-order valence-electron chi connectivity index (χ1n) is 4.96. The number of pyridine rings is 1. The molecule has 88 valence electrons. The van der Waals surface area contributed by atoms with Crippen molar-refractivity contribution in [3.05, 3.63) is 30.1 Å². The molecule has 0 aromatic carbocycles. The van der Waals surface area contributed by atoms with Crippen LogP contribution in [0.3, 0.4) is 0 Å². The van der Waals surface area contributed by atoms with E-state index in [1.807, 2.05) is 0 Å². The van der Waals surface area contributed by atoms with E-state index in [0.29, 0.717) is 5.56 Å². The second-order valence-corrected chi connectivity index (χ2v) is 3.47. The van der Waals surface area contributed by atoms with Gasteiger partial charge >= 0.3 is 6.03 Å². The van der Waals surface area contributed by atoms with Crippen LogP contribution >= 0.6 is 0 Å². The number of carbonyl (C=O) groups excluding carboxylic acids is 3. The smallest absolute Gasteiger partial charge is 0.322 e. The number of nitrogens with zero attached hydrogens (tertiary/aromatic N) is 1. The van der Waals surface area contributed by atoms with Crippen LogP contribution in [0.5, 0.6) is 0 Å². The van der Waals surface area contributed by atoms with Crippen molar-refractivity contribution in [2.24, 2.45) is 0 Å². The summed E-state index contributed by atoms with van der Waals surface area (Å²) in [6, 6.07) is 1.98. The Bertz CT molecular complexity index is 460. The number of amides is 4. The molecule has 1 aromatic rings. The second kappa shape index (κ2) is 4.60. The van der Waals surface area contributed by atoms with Crippen molar-refractivity contribution in [2.45, 2.75) is 6.04 Å². The third-order valence-electron chi connectivity index (χ3n) is 2.25. The van der Waals surface area contributed by atoms with E-state index in [9.17, 15) is 14.4 Å². The summed E-state index contributed by atoms with van der Waals surface area (Å²) in [5, 5.41) is 7.00. The molecule has 1 atom stereocenters. The molecule has 0 radical (unpaired) electrons. The van der Waals surface area contributed by atoms with Gasteiger partial charge in [-0.2, -0.15) is 0 Å². The lowest BCUT2D eigenvalue weighted by atomic mass is 10.2. The van der Waals surface area contributed by atoms with Gasteiger partial charge < -0.3 is 10.6 Å². The highest BCUT2D eigenvalue weighted by Gasteiger charge is 2.29. The van der Waals surface area contributed by atoms with Gasteiger partial charge in [0.15, 0.2) is 0 Å². The zero-order valence-electron chi connectivity index (χ0n) is 8.77. The molecular formula is C10H10N4O3. The highest BCUT2D eigenvalue weighted by Crippen LogP contribution is 1.96. The fourth-order valence-electron chi connectivity index (χ4n) is 1.40. The highest BCUT2D eigenvalue weighted by molar-refractivity contribution is 6.04. The summed E-state index contributed by atoms with van der Waals surface area (Å²) in [4.78, 5) is 37.4. The van der Waals surface area contributed by atoms with Gasteiger partial charge in [0.05, 0.1) is 5.56 Å². The molecular weight excluding hydrogens is 224 g/mol. The third-order valence-corrected chi connectivity index (χ3v) is 2.25. The van der Waals surface area contributed by atoms with Gasteiger partial charge in [0.1, 0.15) is 6.04 Å². The predicted molar refractivity (Wildman–Crippen MR) is 57.0 cm³/mol. The Balaban J connectivity index is 1.89. The lowest BCUT2D eigenvalue weighted by Crippen LogP contribution is -2.41. The van der Waals surface area contributed by atoms with Crippen LogP contribution in [0.25, 0.3) is 0 Å². The molecule has 2 rings (SSSR count). The minimum atomic E-state index is -0.719. The van der Waals surface area contributed by atoms with Crippen molar-refractivity contribution in [1.29, 1.82) is 0 Å². The average molecular weight is 234 g/mol. The lowest BCUT2D eigenvalue weighted by Gasteiger charge is -2.08. The van der Waals surface area contributed by atoms with Crippen molar-refractivity contribution >= 4 is 17.8 Å². The van der Waals surface area contributed by atoms with E-state index >= 15 is 0 Å². The predicted octanol–water partition coefficient (Wildman–Crippen LogP) is -0.981. The molecule has 4 amide bonds. The first-order chi connectivity index (χ1) is 8.16. The molecule has 0 aliphatic carbocycles. The molecule has 0 bridgehead atoms. The number of aromatic nitrogens is 1. The van der Waals surface area contributed by atoms with Gasteiger partial charge in [0, 0.05) is 18.9 Å². The number of rotatable bonds is 3. The molecule has 0 saturated carbocycles. The van der Waals surface area contributed by atoms with Crippen molar-refractivity contribution in [3.8, 4) is 0 Å². The summed E-state index contributed by atoms with van der Waals surface area (Å²) >= 11 is 0. The van der Waals surface area contributed by atoms with E-state index in [2.05, 4.69) is 20.9 Å². The topological polar surface area (TPSA) is 100 Å². The van der Waals surface area contributed by atoms with E-state index < -0.39 is 18.0 Å². The van der Waals surface area contributed by atoms with E-state index in [1.165, 1.54) is 6.20 Å². The molecule has 2 heterocycles. The minimum Gasteiger partial charge on any atom is -0.349 e. The van der Waals surface area contributed by atoms with Crippen LogP contribution in [-0.4, -0.2) is 35.4 Å². The fraction of sp³-hybridized carbons (Fsp3) is 0.200. The summed E-state index contributed by atoms with van der Waals surface area (Å²) < 4.78 is 0. The van der Waals surface area contributed by atoms with Crippen LogP contribution in [0.15, 0.2) is 24.5 Å². The maximum atomic E-state index is 11.6. The van der Waals surface area contributed by atoms with E-state index in [4.69, 9.17) is 0 Å². The van der Waals surface area contributed by atoms with Crippen molar-refractivity contribution < 1.29 is 14.4 Å². The first-order valence-corrected chi connectivity index (χ1v) is 4.96. The lowest BCUT2D eigenvalue weighted by molar-refractivity contribution is -0.120. The van der Waals surface area contributed by atoms with Gasteiger partial charge in [0.2, 0.25) is 0 Å². The second-order valence-electron chi connectivity index (χ2n) is 3.47. The molecule has 17 heavy (non-hydrogen) atoms. The quantitative estimate of drug-likeness (QED) is 0.585. The summed E-state index contributed by atoms with van der Waals surface area (Å²) in [5.41, 5.74) is 0.400. The molecule has 1 unspecified atom stereocenters. The normalized spacial score (nSPS) is 18.5. The Hall–Kier alpha value is -2.44. The summed E-state index contributed by atoms with van der Waals surface area (Å²) in [5.74, 6) is -0.784. The van der Waals surface area contributed by atoms with Crippen LogP contribution in [0, 0.1) is 0 Å². The van der Waals surface area contributed by atoms with E-state index in [1.54, 1.807) is 18.3 Å². The molecule has 7 nitrogen and oxygen atoms in total. The van der Waals surface area contributed by atoms with Gasteiger partial charge in [-0.05, 0) is 12.1 Å². The Morgan fingerprint density at radius 1 is 1.47 bits per heavy atom. The van der Waals surface area contributed by atoms with E-state index in [-0.39, 0.29) is 12.5 Å². The zero-order chi connectivity index (χ0) is 12.3. The van der Waals surface area contributed by atoms with Crippen molar-refractivity contribution in [2.75, 3.05) is 6.54 Å². The van der Waals surface area contributed by atoms with Crippen LogP contribution in [0.4, 0.5) is 4.79 Å². The van der Waals surface area contributed by atoms with Gasteiger partial charge in [-0.25, -0.2) is 4.79 Å². The maximum Gasteiger partial charge on any atom is 0.322 e. The van der Waals surface area contributed by atoms with Crippen molar-refractivity contribution in [3.63, 3.8) is 0 Å². The molecule has 1 aliphatic heterocycles. The molecule has 1 fully saturated rings. The molecule has 7 heteroatoms.